The van der Waals surface area contributed by atoms with Crippen LogP contribution in [-0.4, -0.2) is 30.0 Å². The molecule has 0 aliphatic rings. The fourth-order valence-corrected chi connectivity index (χ4v) is 3.30. The van der Waals surface area contributed by atoms with Gasteiger partial charge in [-0.1, -0.05) is 6.07 Å². The van der Waals surface area contributed by atoms with Crippen molar-refractivity contribution in [3.8, 4) is 22.1 Å². The number of nitro groups is 1. The highest BCUT2D eigenvalue weighted by Gasteiger charge is 2.19. The van der Waals surface area contributed by atoms with Crippen molar-refractivity contribution in [3.05, 3.63) is 63.4 Å². The van der Waals surface area contributed by atoms with Gasteiger partial charge in [-0.15, -0.1) is 11.3 Å². The maximum absolute atomic E-state index is 13.4. The number of aromatic nitrogens is 1. The molecule has 1 N–H and O–H groups in total. The quantitative estimate of drug-likeness (QED) is 0.490. The first-order valence-electron chi connectivity index (χ1n) is 7.86. The summed E-state index contributed by atoms with van der Waals surface area (Å²) in [6.07, 6.45) is 0. The Morgan fingerprint density at radius 3 is 2.71 bits per heavy atom. The third-order valence-corrected chi connectivity index (χ3v) is 4.65. The predicted octanol–water partition coefficient (Wildman–Crippen LogP) is 4.13. The van der Waals surface area contributed by atoms with E-state index in [-0.39, 0.29) is 11.4 Å². The van der Waals surface area contributed by atoms with Gasteiger partial charge < -0.3 is 14.8 Å². The number of rotatable bonds is 6. The van der Waals surface area contributed by atoms with Crippen molar-refractivity contribution in [1.82, 2.24) is 4.98 Å². The molecule has 0 saturated heterocycles. The van der Waals surface area contributed by atoms with Crippen molar-refractivity contribution in [2.75, 3.05) is 19.5 Å². The molecule has 0 aliphatic carbocycles. The molecule has 144 valence electrons. The minimum atomic E-state index is -0.982. The number of hydrogen-bond donors (Lipinski definition) is 1. The van der Waals surface area contributed by atoms with E-state index in [1.807, 2.05) is 0 Å². The predicted molar refractivity (Wildman–Crippen MR) is 102 cm³/mol. The largest absolute Gasteiger partial charge is 0.493 e. The molecular formula is C18H14FN3O5S. The first-order chi connectivity index (χ1) is 13.4. The maximum Gasteiger partial charge on any atom is 0.306 e. The number of carbonyl (C=O) groups excluding carboxylic acids is 1. The molecule has 0 radical (unpaired) electrons. The molecule has 28 heavy (non-hydrogen) atoms. The number of hydrogen-bond acceptors (Lipinski definition) is 7. The summed E-state index contributed by atoms with van der Waals surface area (Å²) >= 11 is 1.23. The zero-order valence-corrected chi connectivity index (χ0v) is 15.6. The van der Waals surface area contributed by atoms with Crippen LogP contribution >= 0.6 is 11.3 Å². The minimum Gasteiger partial charge on any atom is -0.493 e. The Hall–Kier alpha value is -3.53. The van der Waals surface area contributed by atoms with E-state index < -0.39 is 22.3 Å². The molecule has 3 rings (SSSR count). The summed E-state index contributed by atoms with van der Waals surface area (Å²) in [6.45, 7) is 0. The molecule has 3 aromatic rings. The smallest absolute Gasteiger partial charge is 0.306 e. The van der Waals surface area contributed by atoms with Gasteiger partial charge in [0, 0.05) is 17.1 Å². The molecule has 1 heterocycles. The van der Waals surface area contributed by atoms with Crippen LogP contribution in [0.5, 0.6) is 11.5 Å². The van der Waals surface area contributed by atoms with Crippen LogP contribution in [-0.2, 0) is 0 Å². The van der Waals surface area contributed by atoms with Gasteiger partial charge >= 0.3 is 5.69 Å². The topological polar surface area (TPSA) is 104 Å². The van der Waals surface area contributed by atoms with Crippen molar-refractivity contribution < 1.29 is 23.6 Å². The molecule has 2 aromatic carbocycles. The summed E-state index contributed by atoms with van der Waals surface area (Å²) in [7, 11) is 3.02. The number of halogens is 1. The monoisotopic (exact) mass is 403 g/mol. The summed E-state index contributed by atoms with van der Waals surface area (Å²) in [5, 5.41) is 15.4. The number of amides is 1. The van der Waals surface area contributed by atoms with E-state index in [1.165, 1.54) is 31.6 Å². The van der Waals surface area contributed by atoms with Gasteiger partial charge in [0.25, 0.3) is 5.91 Å². The number of carbonyl (C=O) groups is 1. The third kappa shape index (κ3) is 3.76. The fourth-order valence-electron chi connectivity index (χ4n) is 2.48. The summed E-state index contributed by atoms with van der Waals surface area (Å²) in [6, 6.07) is 8.40. The Morgan fingerprint density at radius 1 is 1.25 bits per heavy atom. The first-order valence-corrected chi connectivity index (χ1v) is 8.74. The maximum atomic E-state index is 13.4. The molecule has 0 fully saturated rings. The molecule has 8 nitrogen and oxygen atoms in total. The summed E-state index contributed by atoms with van der Waals surface area (Å²) < 4.78 is 24.1. The molecule has 1 aromatic heterocycles. The standard InChI is InChI=1S/C18H14FN3O5S/c1-26-15-5-3-4-11(16(15)27-2)18-21-13(9-28-18)17(23)20-10-6-7-12(19)14(8-10)22(24)25/h3-9H,1-2H3,(H,20,23). The fraction of sp³-hybridized carbons (Fsp3) is 0.111. The van der Waals surface area contributed by atoms with E-state index in [1.54, 1.807) is 23.6 Å². The van der Waals surface area contributed by atoms with Crippen LogP contribution in [0.3, 0.4) is 0 Å². The molecule has 0 atom stereocenters. The lowest BCUT2D eigenvalue weighted by Gasteiger charge is -2.10. The Balaban J connectivity index is 1.86. The van der Waals surface area contributed by atoms with Gasteiger partial charge in [-0.2, -0.15) is 4.39 Å². The highest BCUT2D eigenvalue weighted by atomic mass is 32.1. The van der Waals surface area contributed by atoms with E-state index in [0.717, 1.165) is 12.1 Å². The summed E-state index contributed by atoms with van der Waals surface area (Å²) in [5.41, 5.74) is 0.129. The minimum absolute atomic E-state index is 0.0895. The van der Waals surface area contributed by atoms with Gasteiger partial charge in [0.15, 0.2) is 11.5 Å². The first kappa shape index (κ1) is 19.2. The molecule has 0 unspecified atom stereocenters. The number of methoxy groups -OCH3 is 2. The van der Waals surface area contributed by atoms with E-state index in [9.17, 15) is 19.3 Å². The second-order valence-corrected chi connectivity index (χ2v) is 6.31. The number of thiazole rings is 1. The van der Waals surface area contributed by atoms with Crippen LogP contribution in [0.15, 0.2) is 41.8 Å². The lowest BCUT2D eigenvalue weighted by Crippen LogP contribution is -2.12. The molecule has 1 amide bonds. The average Bonchev–Trinajstić information content (AvgIpc) is 3.18. The number of anilines is 1. The second-order valence-electron chi connectivity index (χ2n) is 5.46. The lowest BCUT2D eigenvalue weighted by atomic mass is 10.2. The van der Waals surface area contributed by atoms with Gasteiger partial charge in [0.05, 0.1) is 24.7 Å². The number of ether oxygens (including phenoxy) is 2. The zero-order chi connectivity index (χ0) is 20.3. The van der Waals surface area contributed by atoms with Gasteiger partial charge in [-0.05, 0) is 24.3 Å². The van der Waals surface area contributed by atoms with Crippen LogP contribution in [0, 0.1) is 15.9 Å². The van der Waals surface area contributed by atoms with Gasteiger partial charge in [-0.25, -0.2) is 4.98 Å². The van der Waals surface area contributed by atoms with Crippen LogP contribution in [0.1, 0.15) is 10.5 Å². The average molecular weight is 403 g/mol. The van der Waals surface area contributed by atoms with E-state index in [4.69, 9.17) is 9.47 Å². The zero-order valence-electron chi connectivity index (χ0n) is 14.8. The van der Waals surface area contributed by atoms with Crippen LogP contribution in [0.25, 0.3) is 10.6 Å². The van der Waals surface area contributed by atoms with Crippen LogP contribution < -0.4 is 14.8 Å². The SMILES string of the molecule is COc1cccc(-c2nc(C(=O)Nc3ccc(F)c([N+](=O)[O-])c3)cs2)c1OC. The van der Waals surface area contributed by atoms with Gasteiger partial charge in [0.2, 0.25) is 5.82 Å². The lowest BCUT2D eigenvalue weighted by molar-refractivity contribution is -0.387. The normalized spacial score (nSPS) is 10.4. The molecular weight excluding hydrogens is 389 g/mol. The van der Waals surface area contributed by atoms with E-state index >= 15 is 0 Å². The van der Waals surface area contributed by atoms with E-state index in [2.05, 4.69) is 10.3 Å². The highest BCUT2D eigenvalue weighted by molar-refractivity contribution is 7.13. The molecule has 0 spiro atoms. The number of benzene rings is 2. The third-order valence-electron chi connectivity index (χ3n) is 3.77. The van der Waals surface area contributed by atoms with Crippen molar-refractivity contribution in [3.63, 3.8) is 0 Å². The van der Waals surface area contributed by atoms with E-state index in [0.29, 0.717) is 22.1 Å². The van der Waals surface area contributed by atoms with Crippen molar-refractivity contribution in [2.45, 2.75) is 0 Å². The Labute approximate surface area is 162 Å². The highest BCUT2D eigenvalue weighted by Crippen LogP contribution is 2.39. The summed E-state index contributed by atoms with van der Waals surface area (Å²) in [4.78, 5) is 26.7. The number of nitrogens with zero attached hydrogens (tertiary/aromatic N) is 2. The number of para-hydroxylation sites is 1. The number of nitro benzene ring substituents is 1. The Bertz CT molecular complexity index is 1050. The Kier molecular flexibility index (Phi) is 5.50. The van der Waals surface area contributed by atoms with Crippen molar-refractivity contribution in [2.24, 2.45) is 0 Å². The Morgan fingerprint density at radius 2 is 2.04 bits per heavy atom. The van der Waals surface area contributed by atoms with Gasteiger partial charge in [0.1, 0.15) is 10.7 Å². The van der Waals surface area contributed by atoms with Crippen LogP contribution in [0.4, 0.5) is 15.8 Å². The molecule has 0 aliphatic heterocycles. The summed E-state index contributed by atoms with van der Waals surface area (Å²) in [5.74, 6) is -0.547. The second kappa shape index (κ2) is 8.01. The molecule has 10 heteroatoms. The van der Waals surface area contributed by atoms with Crippen molar-refractivity contribution >= 4 is 28.6 Å². The van der Waals surface area contributed by atoms with Crippen LogP contribution in [0.2, 0.25) is 0 Å². The number of nitrogens with one attached hydrogen (secondary N) is 1. The molecule has 0 bridgehead atoms. The van der Waals surface area contributed by atoms with Gasteiger partial charge in [-0.3, -0.25) is 14.9 Å². The molecule has 0 saturated carbocycles. The van der Waals surface area contributed by atoms with Crippen molar-refractivity contribution in [1.29, 1.82) is 0 Å².